The number of hydrogen-bond acceptors (Lipinski definition) is 2. The first-order chi connectivity index (χ1) is 9.22. The molecule has 2 nitrogen and oxygen atoms in total. The largest absolute Gasteiger partial charge is 0.389 e. The molecule has 2 unspecified atom stereocenters. The zero-order valence-electron chi connectivity index (χ0n) is 12.8. The van der Waals surface area contributed by atoms with Crippen LogP contribution < -0.4 is 5.32 Å². The maximum absolute atomic E-state index is 10.7. The third-order valence-electron chi connectivity index (χ3n) is 5.42. The number of rotatable bonds is 4. The van der Waals surface area contributed by atoms with Gasteiger partial charge in [-0.15, -0.1) is 0 Å². The Morgan fingerprint density at radius 3 is 2.37 bits per heavy atom. The van der Waals surface area contributed by atoms with Gasteiger partial charge in [0.25, 0.3) is 0 Å². The van der Waals surface area contributed by atoms with Crippen LogP contribution in [0.3, 0.4) is 0 Å². The van der Waals surface area contributed by atoms with Crippen LogP contribution in [0.25, 0.3) is 0 Å². The maximum Gasteiger partial charge on any atom is 0.0771 e. The monoisotopic (exact) mass is 267 g/mol. The van der Waals surface area contributed by atoms with E-state index >= 15 is 0 Å². The summed E-state index contributed by atoms with van der Waals surface area (Å²) in [5.41, 5.74) is -0.410. The Balaban J connectivity index is 1.74. The molecule has 2 saturated carbocycles. The number of nitrogens with one attached hydrogen (secondary N) is 1. The molecule has 0 aromatic carbocycles. The van der Waals surface area contributed by atoms with E-state index < -0.39 is 5.60 Å². The Hall–Kier alpha value is -0.0800. The van der Waals surface area contributed by atoms with Crippen LogP contribution in [0.15, 0.2) is 0 Å². The quantitative estimate of drug-likeness (QED) is 0.754. The van der Waals surface area contributed by atoms with Gasteiger partial charge in [0.1, 0.15) is 0 Å². The molecule has 0 spiro atoms. The van der Waals surface area contributed by atoms with Gasteiger partial charge in [-0.2, -0.15) is 0 Å². The molecule has 0 aromatic heterocycles. The highest BCUT2D eigenvalue weighted by Gasteiger charge is 2.29. The molecule has 19 heavy (non-hydrogen) atoms. The summed E-state index contributed by atoms with van der Waals surface area (Å²) in [5, 5.41) is 14.4. The van der Waals surface area contributed by atoms with Crippen molar-refractivity contribution in [2.24, 2.45) is 5.92 Å². The molecular formula is C17H33NO. The third kappa shape index (κ3) is 5.07. The van der Waals surface area contributed by atoms with Gasteiger partial charge >= 0.3 is 0 Å². The van der Waals surface area contributed by atoms with Gasteiger partial charge in [0.15, 0.2) is 0 Å². The van der Waals surface area contributed by atoms with Gasteiger partial charge < -0.3 is 10.4 Å². The summed E-state index contributed by atoms with van der Waals surface area (Å²) < 4.78 is 0. The van der Waals surface area contributed by atoms with Crippen LogP contribution in [0.4, 0.5) is 0 Å². The van der Waals surface area contributed by atoms with Gasteiger partial charge in [0, 0.05) is 12.6 Å². The smallest absolute Gasteiger partial charge is 0.0771 e. The molecular weight excluding hydrogens is 234 g/mol. The van der Waals surface area contributed by atoms with Crippen molar-refractivity contribution in [2.45, 2.75) is 95.6 Å². The minimum Gasteiger partial charge on any atom is -0.389 e. The predicted molar refractivity (Wildman–Crippen MR) is 81.3 cm³/mol. The molecule has 2 fully saturated rings. The van der Waals surface area contributed by atoms with Crippen molar-refractivity contribution in [1.29, 1.82) is 0 Å². The van der Waals surface area contributed by atoms with E-state index in [4.69, 9.17) is 0 Å². The number of aliphatic hydroxyl groups is 1. The fourth-order valence-electron chi connectivity index (χ4n) is 3.89. The second kappa shape index (κ2) is 7.64. The highest BCUT2D eigenvalue weighted by atomic mass is 16.3. The average Bonchev–Trinajstić information content (AvgIpc) is 2.77. The fourth-order valence-corrected chi connectivity index (χ4v) is 3.89. The lowest BCUT2D eigenvalue weighted by atomic mass is 9.93. The molecule has 0 aromatic rings. The van der Waals surface area contributed by atoms with Crippen molar-refractivity contribution in [1.82, 2.24) is 5.32 Å². The molecule has 2 N–H and O–H groups in total. The lowest BCUT2D eigenvalue weighted by Crippen LogP contribution is -2.44. The highest BCUT2D eigenvalue weighted by molar-refractivity contribution is 4.85. The molecule has 2 atom stereocenters. The summed E-state index contributed by atoms with van der Waals surface area (Å²) in [5.74, 6) is 0.952. The van der Waals surface area contributed by atoms with Crippen molar-refractivity contribution in [3.63, 3.8) is 0 Å². The van der Waals surface area contributed by atoms with Gasteiger partial charge in [-0.05, 0) is 38.0 Å². The summed E-state index contributed by atoms with van der Waals surface area (Å²) in [6, 6.07) is 0.656. The van der Waals surface area contributed by atoms with Gasteiger partial charge in [-0.25, -0.2) is 0 Å². The van der Waals surface area contributed by atoms with E-state index in [1.165, 1.54) is 64.2 Å². The minimum absolute atomic E-state index is 0.410. The molecule has 2 aliphatic rings. The summed E-state index contributed by atoms with van der Waals surface area (Å²) in [6.07, 6.45) is 15.2. The van der Waals surface area contributed by atoms with Gasteiger partial charge in [-0.3, -0.25) is 0 Å². The standard InChI is InChI=1S/C17H33NO/c1-2-15-8-7-9-16(11-10-15)18-14-17(19)12-5-3-4-6-13-17/h15-16,18-19H,2-14H2,1H3. The maximum atomic E-state index is 10.7. The topological polar surface area (TPSA) is 32.3 Å². The van der Waals surface area contributed by atoms with E-state index in [-0.39, 0.29) is 0 Å². The first-order valence-corrected chi connectivity index (χ1v) is 8.67. The summed E-state index contributed by atoms with van der Waals surface area (Å²) >= 11 is 0. The Bertz CT molecular complexity index is 246. The first kappa shape index (κ1) is 15.3. The zero-order chi connectivity index (χ0) is 13.6. The van der Waals surface area contributed by atoms with Crippen LogP contribution in [0, 0.1) is 5.92 Å². The van der Waals surface area contributed by atoms with Crippen molar-refractivity contribution in [3.05, 3.63) is 0 Å². The van der Waals surface area contributed by atoms with Crippen molar-refractivity contribution in [3.8, 4) is 0 Å². The van der Waals surface area contributed by atoms with Gasteiger partial charge in [-0.1, -0.05) is 51.9 Å². The number of hydrogen-bond donors (Lipinski definition) is 2. The van der Waals surface area contributed by atoms with Crippen LogP contribution in [0.2, 0.25) is 0 Å². The fraction of sp³-hybridized carbons (Fsp3) is 1.00. The molecule has 0 aliphatic heterocycles. The lowest BCUT2D eigenvalue weighted by molar-refractivity contribution is 0.0222. The molecule has 0 radical (unpaired) electrons. The van der Waals surface area contributed by atoms with E-state index in [1.54, 1.807) is 0 Å². The normalized spacial score (nSPS) is 32.5. The molecule has 0 heterocycles. The van der Waals surface area contributed by atoms with Crippen LogP contribution in [0.5, 0.6) is 0 Å². The Kier molecular flexibility index (Phi) is 6.15. The van der Waals surface area contributed by atoms with Gasteiger partial charge in [0.05, 0.1) is 5.60 Å². The Morgan fingerprint density at radius 2 is 1.68 bits per heavy atom. The zero-order valence-corrected chi connectivity index (χ0v) is 12.8. The Labute approximate surface area is 119 Å². The van der Waals surface area contributed by atoms with Crippen LogP contribution >= 0.6 is 0 Å². The molecule has 112 valence electrons. The van der Waals surface area contributed by atoms with Crippen molar-refractivity contribution < 1.29 is 5.11 Å². The average molecular weight is 267 g/mol. The van der Waals surface area contributed by atoms with E-state index in [1.807, 2.05) is 0 Å². The molecule has 0 saturated heterocycles. The molecule has 2 aliphatic carbocycles. The minimum atomic E-state index is -0.410. The van der Waals surface area contributed by atoms with Crippen molar-refractivity contribution in [2.75, 3.05) is 6.54 Å². The van der Waals surface area contributed by atoms with E-state index in [9.17, 15) is 5.11 Å². The summed E-state index contributed by atoms with van der Waals surface area (Å²) in [7, 11) is 0. The third-order valence-corrected chi connectivity index (χ3v) is 5.42. The van der Waals surface area contributed by atoms with E-state index in [0.717, 1.165) is 25.3 Å². The van der Waals surface area contributed by atoms with Gasteiger partial charge in [0.2, 0.25) is 0 Å². The Morgan fingerprint density at radius 1 is 0.947 bits per heavy atom. The SMILES string of the molecule is CCC1CCCC(NCC2(O)CCCCCC2)CC1. The molecule has 0 bridgehead atoms. The van der Waals surface area contributed by atoms with E-state index in [2.05, 4.69) is 12.2 Å². The summed E-state index contributed by atoms with van der Waals surface area (Å²) in [6.45, 7) is 3.15. The molecule has 0 amide bonds. The predicted octanol–water partition coefficient (Wildman–Crippen LogP) is 4.02. The second-order valence-electron chi connectivity index (χ2n) is 7.00. The van der Waals surface area contributed by atoms with Crippen LogP contribution in [-0.4, -0.2) is 23.3 Å². The summed E-state index contributed by atoms with van der Waals surface area (Å²) in [4.78, 5) is 0. The first-order valence-electron chi connectivity index (χ1n) is 8.67. The molecule has 2 rings (SSSR count). The lowest BCUT2D eigenvalue weighted by Gasteiger charge is -2.29. The molecule has 2 heteroatoms. The van der Waals surface area contributed by atoms with E-state index in [0.29, 0.717) is 6.04 Å². The second-order valence-corrected chi connectivity index (χ2v) is 7.00. The van der Waals surface area contributed by atoms with Crippen LogP contribution in [-0.2, 0) is 0 Å². The van der Waals surface area contributed by atoms with Crippen molar-refractivity contribution >= 4 is 0 Å². The van der Waals surface area contributed by atoms with Crippen LogP contribution in [0.1, 0.15) is 84.0 Å². The highest BCUT2D eigenvalue weighted by Crippen LogP contribution is 2.28.